The Morgan fingerprint density at radius 1 is 1.42 bits per heavy atom. The Labute approximate surface area is 79.2 Å². The van der Waals surface area contributed by atoms with E-state index in [4.69, 9.17) is 5.73 Å². The molecule has 1 unspecified atom stereocenters. The largest absolute Gasteiger partial charge is 0.328 e. The van der Waals surface area contributed by atoms with Crippen LogP contribution in [-0.2, 0) is 6.42 Å². The molecule has 0 fully saturated rings. The van der Waals surface area contributed by atoms with E-state index in [9.17, 15) is 4.39 Å². The first-order valence-corrected chi connectivity index (χ1v) is 3.69. The first kappa shape index (κ1) is 11.5. The van der Waals surface area contributed by atoms with E-state index in [-0.39, 0.29) is 25.4 Å². The van der Waals surface area contributed by atoms with E-state index in [0.717, 1.165) is 0 Å². The standard InChI is InChI=1S/C9H12FN.H2S/c1-7(11)6-8-4-2-3-5-9(8)10;/h2-5,7H,6,11H2,1H3;1H2. The number of benzene rings is 1. The van der Waals surface area contributed by atoms with E-state index in [2.05, 4.69) is 0 Å². The van der Waals surface area contributed by atoms with Gasteiger partial charge in [-0.3, -0.25) is 0 Å². The molecule has 68 valence electrons. The molecule has 12 heavy (non-hydrogen) atoms. The summed E-state index contributed by atoms with van der Waals surface area (Å²) in [6, 6.07) is 6.74. The molecule has 1 nitrogen and oxygen atoms in total. The van der Waals surface area contributed by atoms with E-state index in [1.54, 1.807) is 12.1 Å². The fourth-order valence-electron chi connectivity index (χ4n) is 1.01. The normalized spacial score (nSPS) is 11.9. The highest BCUT2D eigenvalue weighted by Gasteiger charge is 2.01. The van der Waals surface area contributed by atoms with Crippen molar-refractivity contribution >= 4 is 13.5 Å². The van der Waals surface area contributed by atoms with Gasteiger partial charge in [0, 0.05) is 6.04 Å². The predicted octanol–water partition coefficient (Wildman–Crippen LogP) is 1.83. The van der Waals surface area contributed by atoms with Crippen molar-refractivity contribution in [2.75, 3.05) is 0 Å². The smallest absolute Gasteiger partial charge is 0.126 e. The van der Waals surface area contributed by atoms with Crippen LogP contribution in [0.4, 0.5) is 4.39 Å². The van der Waals surface area contributed by atoms with E-state index in [1.807, 2.05) is 13.0 Å². The van der Waals surface area contributed by atoms with Crippen molar-refractivity contribution in [2.24, 2.45) is 5.73 Å². The lowest BCUT2D eigenvalue weighted by atomic mass is 10.1. The van der Waals surface area contributed by atoms with Crippen LogP contribution in [0.15, 0.2) is 24.3 Å². The molecule has 0 aliphatic rings. The summed E-state index contributed by atoms with van der Waals surface area (Å²) < 4.78 is 12.9. The van der Waals surface area contributed by atoms with Crippen molar-refractivity contribution in [3.63, 3.8) is 0 Å². The number of rotatable bonds is 2. The van der Waals surface area contributed by atoms with Gasteiger partial charge < -0.3 is 5.73 Å². The van der Waals surface area contributed by atoms with Crippen LogP contribution in [0, 0.1) is 5.82 Å². The average Bonchev–Trinajstić information content (AvgIpc) is 1.93. The summed E-state index contributed by atoms with van der Waals surface area (Å²) in [7, 11) is 0. The Hall–Kier alpha value is -0.540. The van der Waals surface area contributed by atoms with Crippen LogP contribution in [0.3, 0.4) is 0 Å². The Kier molecular flexibility index (Phi) is 4.93. The first-order valence-electron chi connectivity index (χ1n) is 3.69. The quantitative estimate of drug-likeness (QED) is 0.751. The minimum atomic E-state index is -0.162. The third-order valence-corrected chi connectivity index (χ3v) is 1.50. The minimum Gasteiger partial charge on any atom is -0.328 e. The molecule has 2 N–H and O–H groups in total. The number of hydrogen-bond acceptors (Lipinski definition) is 1. The highest BCUT2D eigenvalue weighted by atomic mass is 32.1. The summed E-state index contributed by atoms with van der Waals surface area (Å²) in [6.45, 7) is 1.87. The van der Waals surface area contributed by atoms with Crippen LogP contribution in [0.2, 0.25) is 0 Å². The molecular formula is C9H14FNS. The van der Waals surface area contributed by atoms with Gasteiger partial charge in [-0.05, 0) is 25.0 Å². The van der Waals surface area contributed by atoms with Gasteiger partial charge >= 0.3 is 0 Å². The molecule has 0 aromatic heterocycles. The fourth-order valence-corrected chi connectivity index (χ4v) is 1.01. The SMILES string of the molecule is CC(N)Cc1ccccc1F.S. The molecule has 0 amide bonds. The zero-order valence-electron chi connectivity index (χ0n) is 7.05. The monoisotopic (exact) mass is 187 g/mol. The van der Waals surface area contributed by atoms with Crippen LogP contribution in [0.5, 0.6) is 0 Å². The fraction of sp³-hybridized carbons (Fsp3) is 0.333. The van der Waals surface area contributed by atoms with Crippen molar-refractivity contribution in [1.82, 2.24) is 0 Å². The molecule has 0 spiro atoms. The maximum Gasteiger partial charge on any atom is 0.126 e. The molecular weight excluding hydrogens is 173 g/mol. The first-order chi connectivity index (χ1) is 5.20. The van der Waals surface area contributed by atoms with Crippen molar-refractivity contribution < 1.29 is 4.39 Å². The summed E-state index contributed by atoms with van der Waals surface area (Å²) in [5, 5.41) is 0. The maximum atomic E-state index is 12.9. The topological polar surface area (TPSA) is 26.0 Å². The van der Waals surface area contributed by atoms with Crippen LogP contribution < -0.4 is 5.73 Å². The molecule has 0 aliphatic heterocycles. The molecule has 0 heterocycles. The lowest BCUT2D eigenvalue weighted by Gasteiger charge is -2.04. The van der Waals surface area contributed by atoms with Crippen molar-refractivity contribution in [1.29, 1.82) is 0 Å². The van der Waals surface area contributed by atoms with Gasteiger partial charge in [0.25, 0.3) is 0 Å². The summed E-state index contributed by atoms with van der Waals surface area (Å²) in [5.41, 5.74) is 6.22. The van der Waals surface area contributed by atoms with Crippen LogP contribution in [0.25, 0.3) is 0 Å². The second kappa shape index (κ2) is 5.17. The molecule has 0 saturated carbocycles. The average molecular weight is 187 g/mol. The molecule has 0 aliphatic carbocycles. The van der Waals surface area contributed by atoms with Crippen LogP contribution >= 0.6 is 13.5 Å². The summed E-state index contributed by atoms with van der Waals surface area (Å²) >= 11 is 0. The van der Waals surface area contributed by atoms with Gasteiger partial charge in [-0.2, -0.15) is 13.5 Å². The van der Waals surface area contributed by atoms with Crippen molar-refractivity contribution in [3.8, 4) is 0 Å². The minimum absolute atomic E-state index is 0. The Morgan fingerprint density at radius 2 is 2.00 bits per heavy atom. The second-order valence-electron chi connectivity index (χ2n) is 2.77. The van der Waals surface area contributed by atoms with Crippen molar-refractivity contribution in [2.45, 2.75) is 19.4 Å². The Balaban J connectivity index is 0.00000121. The zero-order chi connectivity index (χ0) is 8.27. The highest BCUT2D eigenvalue weighted by Crippen LogP contribution is 2.07. The number of halogens is 1. The molecule has 1 aromatic rings. The molecule has 1 atom stereocenters. The lowest BCUT2D eigenvalue weighted by molar-refractivity contribution is 0.596. The van der Waals surface area contributed by atoms with Gasteiger partial charge in [0.05, 0.1) is 0 Å². The number of nitrogens with two attached hydrogens (primary N) is 1. The molecule has 0 bridgehead atoms. The molecule has 3 heteroatoms. The van der Waals surface area contributed by atoms with Crippen LogP contribution in [0.1, 0.15) is 12.5 Å². The van der Waals surface area contributed by atoms with Gasteiger partial charge in [-0.1, -0.05) is 18.2 Å². The van der Waals surface area contributed by atoms with E-state index < -0.39 is 0 Å². The van der Waals surface area contributed by atoms with E-state index in [1.165, 1.54) is 6.07 Å². The van der Waals surface area contributed by atoms with Gasteiger partial charge in [0.1, 0.15) is 5.82 Å². The molecule has 0 saturated heterocycles. The highest BCUT2D eigenvalue weighted by molar-refractivity contribution is 7.59. The lowest BCUT2D eigenvalue weighted by Crippen LogP contribution is -2.18. The predicted molar refractivity (Wildman–Crippen MR) is 54.1 cm³/mol. The van der Waals surface area contributed by atoms with Gasteiger partial charge in [-0.25, -0.2) is 4.39 Å². The van der Waals surface area contributed by atoms with E-state index in [0.29, 0.717) is 12.0 Å². The second-order valence-corrected chi connectivity index (χ2v) is 2.77. The number of hydrogen-bond donors (Lipinski definition) is 1. The van der Waals surface area contributed by atoms with Crippen LogP contribution in [-0.4, -0.2) is 6.04 Å². The van der Waals surface area contributed by atoms with Gasteiger partial charge in [-0.15, -0.1) is 0 Å². The third kappa shape index (κ3) is 3.24. The maximum absolute atomic E-state index is 12.9. The molecule has 0 radical (unpaired) electrons. The van der Waals surface area contributed by atoms with Gasteiger partial charge in [0.15, 0.2) is 0 Å². The Morgan fingerprint density at radius 3 is 2.50 bits per heavy atom. The third-order valence-electron chi connectivity index (χ3n) is 1.50. The Bertz CT molecular complexity index is 238. The van der Waals surface area contributed by atoms with Crippen molar-refractivity contribution in [3.05, 3.63) is 35.6 Å². The summed E-state index contributed by atoms with van der Waals surface area (Å²) in [6.07, 6.45) is 0.604. The van der Waals surface area contributed by atoms with E-state index >= 15 is 0 Å². The zero-order valence-corrected chi connectivity index (χ0v) is 8.05. The summed E-state index contributed by atoms with van der Waals surface area (Å²) in [4.78, 5) is 0. The summed E-state index contributed by atoms with van der Waals surface area (Å²) in [5.74, 6) is -0.162. The van der Waals surface area contributed by atoms with Gasteiger partial charge in [0.2, 0.25) is 0 Å². The molecule has 1 aromatic carbocycles. The molecule has 1 rings (SSSR count).